The highest BCUT2D eigenvalue weighted by Crippen LogP contribution is 2.21. The van der Waals surface area contributed by atoms with E-state index < -0.39 is 0 Å². The number of aryl methyl sites for hydroxylation is 1. The second kappa shape index (κ2) is 5.72. The molecule has 0 saturated carbocycles. The van der Waals surface area contributed by atoms with E-state index in [9.17, 15) is 0 Å². The molecule has 0 aliphatic rings. The minimum absolute atomic E-state index is 0.438. The van der Waals surface area contributed by atoms with Crippen molar-refractivity contribution in [2.24, 2.45) is 0 Å². The summed E-state index contributed by atoms with van der Waals surface area (Å²) < 4.78 is 2.26. The Morgan fingerprint density at radius 3 is 2.83 bits per heavy atom. The smallest absolute Gasteiger partial charge is 0.111 e. The molecule has 2 aromatic rings. The first-order chi connectivity index (χ1) is 8.65. The Balaban J connectivity index is 2.37. The lowest BCUT2D eigenvalue weighted by Gasteiger charge is -2.12. The van der Waals surface area contributed by atoms with Crippen molar-refractivity contribution in [1.29, 1.82) is 0 Å². The number of rotatable bonds is 5. The van der Waals surface area contributed by atoms with Crippen LogP contribution in [0.1, 0.15) is 26.6 Å². The molecule has 1 aromatic carbocycles. The number of nitrogens with zero attached hydrogens (tertiary/aromatic N) is 2. The number of hydrogen-bond acceptors (Lipinski definition) is 2. The first kappa shape index (κ1) is 13.4. The fourth-order valence-corrected chi connectivity index (χ4v) is 2.52. The van der Waals surface area contributed by atoms with Crippen LogP contribution >= 0.6 is 11.6 Å². The molecule has 0 fully saturated rings. The van der Waals surface area contributed by atoms with E-state index in [1.165, 1.54) is 5.52 Å². The molecule has 18 heavy (non-hydrogen) atoms. The number of likely N-dealkylation sites (N-methyl/N-ethyl adjacent to an activating group) is 1. The van der Waals surface area contributed by atoms with Gasteiger partial charge in [0.15, 0.2) is 0 Å². The highest BCUT2D eigenvalue weighted by Gasteiger charge is 2.12. The van der Waals surface area contributed by atoms with Gasteiger partial charge in [0.05, 0.1) is 11.0 Å². The predicted octanol–water partition coefficient (Wildman–Crippen LogP) is 3.25. The molecule has 2 rings (SSSR count). The summed E-state index contributed by atoms with van der Waals surface area (Å²) in [4.78, 5) is 4.71. The lowest BCUT2D eigenvalue weighted by molar-refractivity contribution is 0.538. The Bertz CT molecular complexity index is 533. The molecule has 1 N–H and O–H groups in total. The van der Waals surface area contributed by atoms with Crippen LogP contribution in [-0.4, -0.2) is 22.1 Å². The van der Waals surface area contributed by atoms with Crippen molar-refractivity contribution in [3.63, 3.8) is 0 Å². The van der Waals surface area contributed by atoms with E-state index in [4.69, 9.17) is 16.6 Å². The molecular formula is C14H20ClN3. The monoisotopic (exact) mass is 265 g/mol. The van der Waals surface area contributed by atoms with Gasteiger partial charge in [-0.1, -0.05) is 18.5 Å². The number of nitrogens with one attached hydrogen (secondary N) is 1. The summed E-state index contributed by atoms with van der Waals surface area (Å²) in [5.74, 6) is 1.13. The van der Waals surface area contributed by atoms with Crippen LogP contribution in [0.3, 0.4) is 0 Å². The fraction of sp³-hybridized carbons (Fsp3) is 0.500. The normalized spacial score (nSPS) is 13.1. The van der Waals surface area contributed by atoms with Crippen molar-refractivity contribution >= 4 is 22.6 Å². The summed E-state index contributed by atoms with van der Waals surface area (Å²) in [6.07, 6.45) is 0.938. The molecule has 1 aromatic heterocycles. The summed E-state index contributed by atoms with van der Waals surface area (Å²) in [6, 6.07) is 6.35. The van der Waals surface area contributed by atoms with Crippen LogP contribution in [0.2, 0.25) is 5.02 Å². The second-order valence-electron chi connectivity index (χ2n) is 4.57. The summed E-state index contributed by atoms with van der Waals surface area (Å²) in [6.45, 7) is 8.39. The van der Waals surface area contributed by atoms with Crippen molar-refractivity contribution in [3.05, 3.63) is 29.0 Å². The molecule has 1 heterocycles. The highest BCUT2D eigenvalue weighted by atomic mass is 35.5. The Morgan fingerprint density at radius 1 is 1.39 bits per heavy atom. The number of benzene rings is 1. The van der Waals surface area contributed by atoms with Gasteiger partial charge in [0.25, 0.3) is 0 Å². The summed E-state index contributed by atoms with van der Waals surface area (Å²) in [7, 11) is 0. The third kappa shape index (κ3) is 2.68. The van der Waals surface area contributed by atoms with Crippen molar-refractivity contribution in [3.8, 4) is 0 Å². The highest BCUT2D eigenvalue weighted by molar-refractivity contribution is 6.31. The molecule has 0 spiro atoms. The van der Waals surface area contributed by atoms with Crippen LogP contribution in [-0.2, 0) is 13.0 Å². The fourth-order valence-electron chi connectivity index (χ4n) is 2.36. The van der Waals surface area contributed by atoms with E-state index in [1.54, 1.807) is 0 Å². The second-order valence-corrected chi connectivity index (χ2v) is 5.00. The van der Waals surface area contributed by atoms with Crippen molar-refractivity contribution in [1.82, 2.24) is 14.9 Å². The zero-order valence-corrected chi connectivity index (χ0v) is 12.0. The maximum atomic E-state index is 6.02. The average molecular weight is 266 g/mol. The molecular weight excluding hydrogens is 246 g/mol. The van der Waals surface area contributed by atoms with Gasteiger partial charge >= 0.3 is 0 Å². The van der Waals surface area contributed by atoms with Gasteiger partial charge in [0.1, 0.15) is 5.82 Å². The zero-order valence-electron chi connectivity index (χ0n) is 11.2. The predicted molar refractivity (Wildman–Crippen MR) is 77.3 cm³/mol. The first-order valence-electron chi connectivity index (χ1n) is 6.53. The van der Waals surface area contributed by atoms with Gasteiger partial charge in [-0.2, -0.15) is 0 Å². The van der Waals surface area contributed by atoms with E-state index in [-0.39, 0.29) is 0 Å². The van der Waals surface area contributed by atoms with Crippen LogP contribution in [0.5, 0.6) is 0 Å². The van der Waals surface area contributed by atoms with Crippen molar-refractivity contribution in [2.45, 2.75) is 39.8 Å². The molecule has 0 radical (unpaired) electrons. The van der Waals surface area contributed by atoms with E-state index in [2.05, 4.69) is 36.7 Å². The third-order valence-electron chi connectivity index (χ3n) is 3.15. The standard InChI is InChI=1S/C14H20ClN3/c1-4-16-10(3)8-14-17-12-9-11(15)6-7-13(12)18(14)5-2/h6-7,9-10,16H,4-5,8H2,1-3H3. The van der Waals surface area contributed by atoms with Crippen LogP contribution in [0, 0.1) is 0 Å². The van der Waals surface area contributed by atoms with Crippen LogP contribution in [0.25, 0.3) is 11.0 Å². The number of hydrogen-bond donors (Lipinski definition) is 1. The van der Waals surface area contributed by atoms with Gasteiger partial charge in [-0.3, -0.25) is 0 Å². The maximum Gasteiger partial charge on any atom is 0.111 e. The van der Waals surface area contributed by atoms with Crippen molar-refractivity contribution < 1.29 is 0 Å². The molecule has 0 amide bonds. The topological polar surface area (TPSA) is 29.9 Å². The molecule has 0 aliphatic carbocycles. The SMILES string of the molecule is CCNC(C)Cc1nc2cc(Cl)ccc2n1CC. The maximum absolute atomic E-state index is 6.02. The quantitative estimate of drug-likeness (QED) is 0.899. The largest absolute Gasteiger partial charge is 0.328 e. The number of aromatic nitrogens is 2. The molecule has 98 valence electrons. The van der Waals surface area contributed by atoms with Gasteiger partial charge in [-0.05, 0) is 38.6 Å². The van der Waals surface area contributed by atoms with Crippen LogP contribution < -0.4 is 5.32 Å². The molecule has 0 saturated heterocycles. The van der Waals surface area contributed by atoms with Gasteiger partial charge in [0.2, 0.25) is 0 Å². The van der Waals surface area contributed by atoms with Gasteiger partial charge in [0, 0.05) is 24.0 Å². The molecule has 1 atom stereocenters. The zero-order chi connectivity index (χ0) is 13.1. The van der Waals surface area contributed by atoms with Crippen LogP contribution in [0.4, 0.5) is 0 Å². The van der Waals surface area contributed by atoms with E-state index in [0.29, 0.717) is 6.04 Å². The van der Waals surface area contributed by atoms with E-state index in [1.807, 2.05) is 12.1 Å². The molecule has 0 bridgehead atoms. The molecule has 3 nitrogen and oxygen atoms in total. The molecule has 1 unspecified atom stereocenters. The Hall–Kier alpha value is -1.06. The number of imidazole rings is 1. The molecule has 0 aliphatic heterocycles. The van der Waals surface area contributed by atoms with Gasteiger partial charge in [-0.15, -0.1) is 0 Å². The summed E-state index contributed by atoms with van der Waals surface area (Å²) in [5, 5.41) is 4.17. The number of fused-ring (bicyclic) bond motifs is 1. The van der Waals surface area contributed by atoms with Crippen LogP contribution in [0.15, 0.2) is 18.2 Å². The Morgan fingerprint density at radius 2 is 2.17 bits per heavy atom. The lowest BCUT2D eigenvalue weighted by atomic mass is 10.2. The Labute approximate surface area is 113 Å². The molecule has 4 heteroatoms. The Kier molecular flexibility index (Phi) is 4.25. The minimum atomic E-state index is 0.438. The van der Waals surface area contributed by atoms with Gasteiger partial charge < -0.3 is 9.88 Å². The summed E-state index contributed by atoms with van der Waals surface area (Å²) in [5.41, 5.74) is 2.16. The van der Waals surface area contributed by atoms with Gasteiger partial charge in [-0.25, -0.2) is 4.98 Å². The third-order valence-corrected chi connectivity index (χ3v) is 3.38. The van der Waals surface area contributed by atoms with E-state index in [0.717, 1.165) is 35.9 Å². The van der Waals surface area contributed by atoms with Crippen molar-refractivity contribution in [2.75, 3.05) is 6.54 Å². The number of halogens is 1. The lowest BCUT2D eigenvalue weighted by Crippen LogP contribution is -2.28. The average Bonchev–Trinajstić information content (AvgIpc) is 2.65. The van der Waals surface area contributed by atoms with E-state index >= 15 is 0 Å². The first-order valence-corrected chi connectivity index (χ1v) is 6.91. The summed E-state index contributed by atoms with van der Waals surface area (Å²) >= 11 is 6.02. The minimum Gasteiger partial charge on any atom is -0.328 e.